The molecule has 1 amide bonds. The van der Waals surface area contributed by atoms with E-state index in [-0.39, 0.29) is 5.91 Å². The molecule has 2 aromatic carbocycles. The Balaban J connectivity index is 1.68. The van der Waals surface area contributed by atoms with Crippen LogP contribution in [0.15, 0.2) is 78.9 Å². The summed E-state index contributed by atoms with van der Waals surface area (Å²) in [4.78, 5) is 19.4. The zero-order valence-corrected chi connectivity index (χ0v) is 19.2. The van der Waals surface area contributed by atoms with E-state index in [9.17, 15) is 4.79 Å². The summed E-state index contributed by atoms with van der Waals surface area (Å²) in [5.74, 6) is 0.0663. The SMILES string of the molecule is CCCCNc1ccc(C(=O)N(CCCn2ccnc2)C/C(C)=C/c2ccccc2)cc1. The number of hydrogen-bond donors (Lipinski definition) is 1. The van der Waals surface area contributed by atoms with Crippen LogP contribution < -0.4 is 5.32 Å². The number of hydrogen-bond acceptors (Lipinski definition) is 3. The summed E-state index contributed by atoms with van der Waals surface area (Å²) in [6, 6.07) is 18.1. The lowest BCUT2D eigenvalue weighted by Crippen LogP contribution is -2.34. The van der Waals surface area contributed by atoms with E-state index in [4.69, 9.17) is 0 Å². The lowest BCUT2D eigenvalue weighted by atomic mass is 10.1. The highest BCUT2D eigenvalue weighted by Crippen LogP contribution is 2.15. The van der Waals surface area contributed by atoms with Gasteiger partial charge < -0.3 is 14.8 Å². The minimum absolute atomic E-state index is 0.0663. The van der Waals surface area contributed by atoms with Gasteiger partial charge in [0.1, 0.15) is 0 Å². The third-order valence-corrected chi connectivity index (χ3v) is 5.33. The van der Waals surface area contributed by atoms with Gasteiger partial charge in [0.25, 0.3) is 5.91 Å². The number of amides is 1. The van der Waals surface area contributed by atoms with Crippen LogP contribution in [0, 0.1) is 0 Å². The predicted octanol–water partition coefficient (Wildman–Crippen LogP) is 5.73. The van der Waals surface area contributed by atoms with Crippen molar-refractivity contribution in [2.75, 3.05) is 25.0 Å². The maximum Gasteiger partial charge on any atom is 0.254 e. The van der Waals surface area contributed by atoms with Crippen LogP contribution in [0.5, 0.6) is 0 Å². The molecule has 0 unspecified atom stereocenters. The van der Waals surface area contributed by atoms with E-state index in [1.54, 1.807) is 6.20 Å². The number of carbonyl (C=O) groups excluding carboxylic acids is 1. The predicted molar refractivity (Wildman–Crippen MR) is 133 cm³/mol. The van der Waals surface area contributed by atoms with Crippen molar-refractivity contribution in [3.63, 3.8) is 0 Å². The summed E-state index contributed by atoms with van der Waals surface area (Å²) in [6.45, 7) is 7.35. The summed E-state index contributed by atoms with van der Waals surface area (Å²) < 4.78 is 2.05. The van der Waals surface area contributed by atoms with Crippen molar-refractivity contribution >= 4 is 17.7 Å². The molecule has 0 aliphatic heterocycles. The van der Waals surface area contributed by atoms with E-state index in [1.165, 1.54) is 0 Å². The maximum atomic E-state index is 13.4. The number of rotatable bonds is 12. The first kappa shape index (κ1) is 23.3. The second-order valence-electron chi connectivity index (χ2n) is 8.14. The summed E-state index contributed by atoms with van der Waals surface area (Å²) in [5.41, 5.74) is 4.09. The van der Waals surface area contributed by atoms with Gasteiger partial charge in [-0.3, -0.25) is 4.79 Å². The first-order valence-electron chi connectivity index (χ1n) is 11.5. The van der Waals surface area contributed by atoms with Crippen molar-refractivity contribution in [3.05, 3.63) is 90.0 Å². The van der Waals surface area contributed by atoms with Crippen LogP contribution in [0.25, 0.3) is 6.08 Å². The molecule has 3 rings (SSSR count). The van der Waals surface area contributed by atoms with Crippen molar-refractivity contribution in [1.29, 1.82) is 0 Å². The lowest BCUT2D eigenvalue weighted by Gasteiger charge is -2.24. The molecule has 0 bridgehead atoms. The number of anilines is 1. The monoisotopic (exact) mass is 430 g/mol. The molecule has 0 aliphatic carbocycles. The number of nitrogens with one attached hydrogen (secondary N) is 1. The molecule has 32 heavy (non-hydrogen) atoms. The van der Waals surface area contributed by atoms with Crippen molar-refractivity contribution < 1.29 is 4.79 Å². The molecular weight excluding hydrogens is 396 g/mol. The Kier molecular flexibility index (Phi) is 9.11. The van der Waals surface area contributed by atoms with Crippen LogP contribution in [-0.2, 0) is 6.54 Å². The normalized spacial score (nSPS) is 11.4. The Morgan fingerprint density at radius 1 is 1.09 bits per heavy atom. The molecule has 0 aliphatic rings. The molecular formula is C27H34N4O. The van der Waals surface area contributed by atoms with Gasteiger partial charge in [-0.15, -0.1) is 0 Å². The molecule has 5 heteroatoms. The van der Waals surface area contributed by atoms with Gasteiger partial charge in [-0.25, -0.2) is 4.98 Å². The molecule has 168 valence electrons. The van der Waals surface area contributed by atoms with Gasteiger partial charge in [0.2, 0.25) is 0 Å². The minimum atomic E-state index is 0.0663. The van der Waals surface area contributed by atoms with E-state index in [2.05, 4.69) is 42.4 Å². The molecule has 0 saturated heterocycles. The lowest BCUT2D eigenvalue weighted by molar-refractivity contribution is 0.0766. The van der Waals surface area contributed by atoms with Crippen LogP contribution in [-0.4, -0.2) is 40.0 Å². The molecule has 0 fully saturated rings. The average molecular weight is 431 g/mol. The van der Waals surface area contributed by atoms with Crippen LogP contribution in [0.2, 0.25) is 0 Å². The van der Waals surface area contributed by atoms with Crippen molar-refractivity contribution in [2.45, 2.75) is 39.7 Å². The molecule has 1 N–H and O–H groups in total. The second kappa shape index (κ2) is 12.5. The Morgan fingerprint density at radius 3 is 2.56 bits per heavy atom. The summed E-state index contributed by atoms with van der Waals surface area (Å²) in [6.07, 6.45) is 10.9. The second-order valence-corrected chi connectivity index (χ2v) is 8.14. The van der Waals surface area contributed by atoms with Crippen molar-refractivity contribution in [1.82, 2.24) is 14.5 Å². The number of imidazole rings is 1. The van der Waals surface area contributed by atoms with Crippen LogP contribution in [0.1, 0.15) is 49.0 Å². The standard InChI is InChI=1S/C27H34N4O/c1-3-4-15-29-26-13-11-25(12-14-26)27(32)31(18-8-17-30-19-16-28-22-30)21-23(2)20-24-9-6-5-7-10-24/h5-7,9-14,16,19-20,22,29H,3-4,8,15,17-18,21H2,1-2H3/b23-20+. The molecule has 5 nitrogen and oxygen atoms in total. The highest BCUT2D eigenvalue weighted by atomic mass is 16.2. The average Bonchev–Trinajstić information content (AvgIpc) is 3.33. The topological polar surface area (TPSA) is 50.2 Å². The molecule has 0 radical (unpaired) electrons. The first-order valence-corrected chi connectivity index (χ1v) is 11.5. The number of carbonyl (C=O) groups is 1. The van der Waals surface area contributed by atoms with E-state index in [0.29, 0.717) is 13.1 Å². The number of nitrogens with zero attached hydrogens (tertiary/aromatic N) is 3. The number of benzene rings is 2. The summed E-state index contributed by atoms with van der Waals surface area (Å²) in [5, 5.41) is 3.41. The molecule has 0 spiro atoms. The largest absolute Gasteiger partial charge is 0.385 e. The minimum Gasteiger partial charge on any atom is -0.385 e. The molecule has 1 heterocycles. The van der Waals surface area contributed by atoms with Crippen LogP contribution >= 0.6 is 0 Å². The third kappa shape index (κ3) is 7.41. The zero-order valence-electron chi connectivity index (χ0n) is 19.2. The summed E-state index contributed by atoms with van der Waals surface area (Å²) >= 11 is 0. The smallest absolute Gasteiger partial charge is 0.254 e. The Hall–Kier alpha value is -3.34. The molecule has 1 aromatic heterocycles. The van der Waals surface area contributed by atoms with Crippen molar-refractivity contribution in [2.24, 2.45) is 0 Å². The highest BCUT2D eigenvalue weighted by Gasteiger charge is 2.16. The van der Waals surface area contributed by atoms with Crippen LogP contribution in [0.3, 0.4) is 0 Å². The Labute approximate surface area is 191 Å². The fraction of sp³-hybridized carbons (Fsp3) is 0.333. The fourth-order valence-electron chi connectivity index (χ4n) is 3.62. The summed E-state index contributed by atoms with van der Waals surface area (Å²) in [7, 11) is 0. The van der Waals surface area contributed by atoms with E-state index in [1.807, 2.05) is 64.5 Å². The maximum absolute atomic E-state index is 13.4. The van der Waals surface area contributed by atoms with Gasteiger partial charge in [0.05, 0.1) is 6.33 Å². The van der Waals surface area contributed by atoms with Gasteiger partial charge in [-0.2, -0.15) is 0 Å². The quantitative estimate of drug-likeness (QED) is 0.373. The van der Waals surface area contributed by atoms with E-state index in [0.717, 1.165) is 54.7 Å². The molecule has 0 saturated carbocycles. The van der Waals surface area contributed by atoms with E-state index >= 15 is 0 Å². The highest BCUT2D eigenvalue weighted by molar-refractivity contribution is 5.94. The zero-order chi connectivity index (χ0) is 22.6. The van der Waals surface area contributed by atoms with Crippen LogP contribution in [0.4, 0.5) is 5.69 Å². The molecule has 3 aromatic rings. The first-order chi connectivity index (χ1) is 15.7. The molecule has 0 atom stereocenters. The third-order valence-electron chi connectivity index (χ3n) is 5.33. The van der Waals surface area contributed by atoms with E-state index < -0.39 is 0 Å². The van der Waals surface area contributed by atoms with Gasteiger partial charge >= 0.3 is 0 Å². The van der Waals surface area contributed by atoms with Crippen molar-refractivity contribution in [3.8, 4) is 0 Å². The number of aryl methyl sites for hydroxylation is 1. The van der Waals surface area contributed by atoms with Gasteiger partial charge in [0.15, 0.2) is 0 Å². The Bertz CT molecular complexity index is 963. The van der Waals surface area contributed by atoms with Gasteiger partial charge in [-0.05, 0) is 49.6 Å². The Morgan fingerprint density at radius 2 is 1.88 bits per heavy atom. The fourth-order valence-corrected chi connectivity index (χ4v) is 3.62. The van der Waals surface area contributed by atoms with Gasteiger partial charge in [-0.1, -0.05) is 55.3 Å². The van der Waals surface area contributed by atoms with Gasteiger partial charge in [0, 0.05) is 49.8 Å². The number of aromatic nitrogens is 2. The number of unbranched alkanes of at least 4 members (excludes halogenated alkanes) is 1.